The Hall–Kier alpha value is -2.51. The summed E-state index contributed by atoms with van der Waals surface area (Å²) in [4.78, 5) is 24.1. The highest BCUT2D eigenvalue weighted by Gasteiger charge is 2.25. The zero-order valence-corrected chi connectivity index (χ0v) is 18.8. The second-order valence-corrected chi connectivity index (χ2v) is 8.80. The number of hydrogen-bond acceptors (Lipinski definition) is 4. The Morgan fingerprint density at radius 3 is 2.97 bits per heavy atom. The van der Waals surface area contributed by atoms with Crippen LogP contribution >= 0.6 is 11.6 Å². The summed E-state index contributed by atoms with van der Waals surface area (Å²) >= 11 is 5.94. The summed E-state index contributed by atoms with van der Waals surface area (Å²) in [5.41, 5.74) is 2.74. The number of urea groups is 1. The Kier molecular flexibility index (Phi) is 7.37. The van der Waals surface area contributed by atoms with E-state index >= 15 is 0 Å². The van der Waals surface area contributed by atoms with Crippen molar-refractivity contribution < 1.29 is 13.9 Å². The highest BCUT2D eigenvalue weighted by molar-refractivity contribution is 6.30. The van der Waals surface area contributed by atoms with Crippen LogP contribution in [0.1, 0.15) is 47.9 Å². The number of amides is 2. The zero-order chi connectivity index (χ0) is 22.5. The minimum Gasteiger partial charge on any atom is -0.381 e. The van der Waals surface area contributed by atoms with Crippen molar-refractivity contribution in [2.45, 2.75) is 44.7 Å². The second-order valence-electron chi connectivity index (χ2n) is 8.39. The summed E-state index contributed by atoms with van der Waals surface area (Å²) in [5.74, 6) is 0.901. The van der Waals surface area contributed by atoms with Crippen LogP contribution in [0.25, 0.3) is 0 Å². The molecule has 2 amide bonds. The van der Waals surface area contributed by atoms with Crippen molar-refractivity contribution in [2.24, 2.45) is 5.92 Å². The van der Waals surface area contributed by atoms with Gasteiger partial charge in [-0.05, 0) is 54.9 Å². The quantitative estimate of drug-likeness (QED) is 0.641. The number of hydrogen-bond donors (Lipinski definition) is 1. The summed E-state index contributed by atoms with van der Waals surface area (Å²) < 4.78 is 19.0. The average molecular weight is 459 g/mol. The molecule has 2 aromatic rings. The van der Waals surface area contributed by atoms with Crippen LogP contribution in [0.4, 0.5) is 9.18 Å². The lowest BCUT2D eigenvalue weighted by Gasteiger charge is -2.30. The van der Waals surface area contributed by atoms with Crippen LogP contribution in [0, 0.1) is 11.7 Å². The predicted octanol–water partition coefficient (Wildman–Crippen LogP) is 4.62. The van der Waals surface area contributed by atoms with Crippen LogP contribution in [0.15, 0.2) is 37.1 Å². The molecule has 1 atom stereocenters. The molecule has 2 aliphatic heterocycles. The maximum atomic E-state index is 13.6. The van der Waals surface area contributed by atoms with Crippen LogP contribution < -0.4 is 5.32 Å². The van der Waals surface area contributed by atoms with Gasteiger partial charge in [-0.15, -0.1) is 6.58 Å². The van der Waals surface area contributed by atoms with Crippen LogP contribution in [0.2, 0.25) is 5.02 Å². The summed E-state index contributed by atoms with van der Waals surface area (Å²) in [6.07, 6.45) is 7.77. The minimum atomic E-state index is -0.483. The molecule has 4 rings (SSSR count). The molecule has 2 aliphatic rings. The molecule has 0 aliphatic carbocycles. The number of rotatable bonds is 6. The fraction of sp³-hybridized carbons (Fsp3) is 0.458. The van der Waals surface area contributed by atoms with Gasteiger partial charge in [0.05, 0.1) is 23.3 Å². The molecule has 0 spiro atoms. The van der Waals surface area contributed by atoms with Gasteiger partial charge in [-0.2, -0.15) is 0 Å². The molecular formula is C24H28ClFN4O2. The van der Waals surface area contributed by atoms with Gasteiger partial charge in [-0.1, -0.05) is 23.7 Å². The van der Waals surface area contributed by atoms with E-state index in [2.05, 4.69) is 16.9 Å². The number of nitrogens with one attached hydrogen (secondary N) is 1. The third kappa shape index (κ3) is 5.45. The van der Waals surface area contributed by atoms with Gasteiger partial charge in [0, 0.05) is 32.4 Å². The monoisotopic (exact) mass is 458 g/mol. The molecule has 8 heteroatoms. The molecular weight excluding hydrogens is 431 g/mol. The summed E-state index contributed by atoms with van der Waals surface area (Å²) in [5, 5.41) is 3.07. The fourth-order valence-electron chi connectivity index (χ4n) is 4.24. The van der Waals surface area contributed by atoms with E-state index in [0.29, 0.717) is 25.4 Å². The largest absolute Gasteiger partial charge is 0.381 e. The molecule has 1 fully saturated rings. The van der Waals surface area contributed by atoms with Gasteiger partial charge in [-0.25, -0.2) is 19.2 Å². The first kappa shape index (κ1) is 22.7. The first-order valence-corrected chi connectivity index (χ1v) is 11.4. The molecule has 0 unspecified atom stereocenters. The molecule has 6 nitrogen and oxygen atoms in total. The summed E-state index contributed by atoms with van der Waals surface area (Å²) in [7, 11) is 0. The number of aromatic nitrogens is 2. The zero-order valence-electron chi connectivity index (χ0n) is 18.0. The molecule has 1 N–H and O–H groups in total. The first-order valence-electron chi connectivity index (χ1n) is 11.1. The van der Waals surface area contributed by atoms with Crippen molar-refractivity contribution in [3.05, 3.63) is 70.5 Å². The van der Waals surface area contributed by atoms with E-state index in [1.54, 1.807) is 23.1 Å². The number of benzene rings is 1. The normalized spacial score (nSPS) is 17.5. The average Bonchev–Trinajstić information content (AvgIpc) is 2.81. The van der Waals surface area contributed by atoms with Crippen molar-refractivity contribution in [3.8, 4) is 0 Å². The van der Waals surface area contributed by atoms with Crippen molar-refractivity contribution >= 4 is 17.6 Å². The van der Waals surface area contributed by atoms with Crippen LogP contribution in [0.3, 0.4) is 0 Å². The molecule has 170 valence electrons. The lowest BCUT2D eigenvalue weighted by Crippen LogP contribution is -2.44. The van der Waals surface area contributed by atoms with Crippen molar-refractivity contribution in [2.75, 3.05) is 19.8 Å². The van der Waals surface area contributed by atoms with Crippen LogP contribution in [-0.4, -0.2) is 40.7 Å². The maximum absolute atomic E-state index is 13.6. The third-order valence-electron chi connectivity index (χ3n) is 6.14. The minimum absolute atomic E-state index is 0.0338. The molecule has 0 saturated carbocycles. The van der Waals surface area contributed by atoms with Gasteiger partial charge in [0.1, 0.15) is 11.6 Å². The van der Waals surface area contributed by atoms with E-state index in [4.69, 9.17) is 21.3 Å². The van der Waals surface area contributed by atoms with Crippen molar-refractivity contribution in [1.29, 1.82) is 0 Å². The van der Waals surface area contributed by atoms with Gasteiger partial charge in [-0.3, -0.25) is 0 Å². The number of ether oxygens (including phenoxy) is 1. The Balaban J connectivity index is 1.43. The van der Waals surface area contributed by atoms with E-state index in [1.807, 2.05) is 6.20 Å². The van der Waals surface area contributed by atoms with E-state index in [9.17, 15) is 9.18 Å². The Labute approximate surface area is 192 Å². The van der Waals surface area contributed by atoms with Crippen molar-refractivity contribution in [1.82, 2.24) is 20.2 Å². The number of carbonyl (C=O) groups excluding carboxylic acids is 1. The number of nitrogens with zero attached hydrogens (tertiary/aromatic N) is 3. The Morgan fingerprint density at radius 2 is 2.22 bits per heavy atom. The summed E-state index contributed by atoms with van der Waals surface area (Å²) in [6.45, 7) is 6.41. The first-order chi connectivity index (χ1) is 15.5. The Morgan fingerprint density at radius 1 is 1.41 bits per heavy atom. The molecule has 0 bridgehead atoms. The highest BCUT2D eigenvalue weighted by atomic mass is 35.5. The van der Waals surface area contributed by atoms with E-state index < -0.39 is 5.82 Å². The van der Waals surface area contributed by atoms with Gasteiger partial charge < -0.3 is 15.0 Å². The topological polar surface area (TPSA) is 67.4 Å². The SMILES string of the molecule is C=CC[C@@H](NC(=O)N1CCc2cnc(CC3CCOCC3)nc2C1)c1ccc(F)c(Cl)c1. The van der Waals surface area contributed by atoms with Gasteiger partial charge in [0.15, 0.2) is 0 Å². The lowest BCUT2D eigenvalue weighted by atomic mass is 9.96. The second kappa shape index (κ2) is 10.4. The lowest BCUT2D eigenvalue weighted by molar-refractivity contribution is 0.0659. The highest BCUT2D eigenvalue weighted by Crippen LogP contribution is 2.25. The Bertz CT molecular complexity index is 980. The van der Waals surface area contributed by atoms with Gasteiger partial charge in [0.25, 0.3) is 0 Å². The van der Waals surface area contributed by atoms with Crippen molar-refractivity contribution in [3.63, 3.8) is 0 Å². The van der Waals surface area contributed by atoms with Gasteiger partial charge in [0.2, 0.25) is 0 Å². The third-order valence-corrected chi connectivity index (χ3v) is 6.43. The van der Waals surface area contributed by atoms with Crippen LogP contribution in [-0.2, 0) is 24.1 Å². The molecule has 3 heterocycles. The van der Waals surface area contributed by atoms with E-state index in [1.165, 1.54) is 6.07 Å². The maximum Gasteiger partial charge on any atom is 0.318 e. The van der Waals surface area contributed by atoms with Gasteiger partial charge >= 0.3 is 6.03 Å². The fourth-order valence-corrected chi connectivity index (χ4v) is 4.43. The molecule has 0 radical (unpaired) electrons. The number of fused-ring (bicyclic) bond motifs is 1. The smallest absolute Gasteiger partial charge is 0.318 e. The predicted molar refractivity (Wildman–Crippen MR) is 121 cm³/mol. The summed E-state index contributed by atoms with van der Waals surface area (Å²) in [6, 6.07) is 3.97. The number of carbonyl (C=O) groups is 1. The van der Waals surface area contributed by atoms with E-state index in [0.717, 1.165) is 61.5 Å². The number of halogens is 2. The molecule has 1 aromatic heterocycles. The van der Waals surface area contributed by atoms with Crippen LogP contribution in [0.5, 0.6) is 0 Å². The van der Waals surface area contributed by atoms with E-state index in [-0.39, 0.29) is 17.1 Å². The standard InChI is InChI=1S/C24H28ClFN4O2/c1-2-3-21(17-4-5-20(26)19(25)13-17)29-24(31)30-9-6-18-14-27-23(28-22(18)15-30)12-16-7-10-32-11-8-16/h2,4-5,13-14,16,21H,1,3,6-12,15H2,(H,29,31)/t21-/m1/s1. The molecule has 1 saturated heterocycles. The molecule has 32 heavy (non-hydrogen) atoms. The molecule has 1 aromatic carbocycles.